The molecule has 1 unspecified atom stereocenters. The van der Waals surface area contributed by atoms with Gasteiger partial charge in [-0.2, -0.15) is 8.78 Å². The molecule has 1 rings (SSSR count). The third kappa shape index (κ3) is 4.26. The first-order valence-electron chi connectivity index (χ1n) is 5.27. The van der Waals surface area contributed by atoms with Crippen molar-refractivity contribution in [2.24, 2.45) is 5.73 Å². The molecule has 0 aromatic heterocycles. The second-order valence-corrected chi connectivity index (χ2v) is 3.38. The Morgan fingerprint density at radius 2 is 2.06 bits per heavy atom. The van der Waals surface area contributed by atoms with Crippen LogP contribution in [-0.4, -0.2) is 31.4 Å². The third-order valence-electron chi connectivity index (χ3n) is 2.25. The smallest absolute Gasteiger partial charge is 0.387 e. The summed E-state index contributed by atoms with van der Waals surface area (Å²) < 4.78 is 28.8. The summed E-state index contributed by atoms with van der Waals surface area (Å²) in [5.41, 5.74) is 6.12. The van der Waals surface area contributed by atoms with Crippen molar-refractivity contribution in [1.82, 2.24) is 5.32 Å². The van der Waals surface area contributed by atoms with Gasteiger partial charge in [0.15, 0.2) is 0 Å². The Hall–Kier alpha value is -1.24. The number of para-hydroxylation sites is 1. The van der Waals surface area contributed by atoms with Crippen LogP contribution in [0.1, 0.15) is 11.6 Å². The number of halogens is 2. The maximum Gasteiger partial charge on any atom is 0.387 e. The molecule has 4 nitrogen and oxygen atoms in total. The minimum absolute atomic E-state index is 0.0473. The van der Waals surface area contributed by atoms with Crippen molar-refractivity contribution < 1.29 is 18.6 Å². The van der Waals surface area contributed by atoms with E-state index in [0.29, 0.717) is 12.1 Å². The summed E-state index contributed by atoms with van der Waals surface area (Å²) in [6.07, 6.45) is 0. The Labute approximate surface area is 98.4 Å². The van der Waals surface area contributed by atoms with Crippen molar-refractivity contribution in [3.05, 3.63) is 29.8 Å². The summed E-state index contributed by atoms with van der Waals surface area (Å²) in [4.78, 5) is 0. The molecule has 96 valence electrons. The van der Waals surface area contributed by atoms with E-state index < -0.39 is 6.61 Å². The van der Waals surface area contributed by atoms with Gasteiger partial charge < -0.3 is 20.9 Å². The number of rotatable bonds is 7. The van der Waals surface area contributed by atoms with Gasteiger partial charge in [-0.15, -0.1) is 0 Å². The molecule has 0 saturated carbocycles. The average Bonchev–Trinajstić information content (AvgIpc) is 2.31. The average molecular weight is 246 g/mol. The lowest BCUT2D eigenvalue weighted by Gasteiger charge is -2.19. The van der Waals surface area contributed by atoms with Gasteiger partial charge in [0.25, 0.3) is 0 Å². The quantitative estimate of drug-likeness (QED) is 0.668. The van der Waals surface area contributed by atoms with E-state index in [4.69, 9.17) is 10.8 Å². The van der Waals surface area contributed by atoms with Gasteiger partial charge >= 0.3 is 6.61 Å². The molecule has 0 saturated heterocycles. The molecule has 0 aliphatic heterocycles. The first kappa shape index (κ1) is 13.8. The molecule has 4 N–H and O–H groups in total. The topological polar surface area (TPSA) is 67.5 Å². The number of alkyl halides is 2. The minimum Gasteiger partial charge on any atom is -0.434 e. The number of hydrogen-bond acceptors (Lipinski definition) is 4. The fourth-order valence-corrected chi connectivity index (χ4v) is 1.53. The van der Waals surface area contributed by atoms with E-state index in [1.165, 1.54) is 6.07 Å². The van der Waals surface area contributed by atoms with Crippen molar-refractivity contribution in [3.63, 3.8) is 0 Å². The minimum atomic E-state index is -2.87. The summed E-state index contributed by atoms with van der Waals surface area (Å²) in [6.45, 7) is -2.35. The number of nitrogens with one attached hydrogen (secondary N) is 1. The Morgan fingerprint density at radius 1 is 1.35 bits per heavy atom. The molecule has 1 aromatic carbocycles. The van der Waals surface area contributed by atoms with Crippen LogP contribution in [0.3, 0.4) is 0 Å². The molecule has 17 heavy (non-hydrogen) atoms. The maximum absolute atomic E-state index is 12.2. The van der Waals surface area contributed by atoms with E-state index in [2.05, 4.69) is 10.1 Å². The van der Waals surface area contributed by atoms with Crippen LogP contribution in [0.5, 0.6) is 5.75 Å². The third-order valence-corrected chi connectivity index (χ3v) is 2.25. The fourth-order valence-electron chi connectivity index (χ4n) is 1.53. The van der Waals surface area contributed by atoms with Crippen LogP contribution < -0.4 is 15.8 Å². The van der Waals surface area contributed by atoms with Gasteiger partial charge in [-0.25, -0.2) is 0 Å². The predicted octanol–water partition coefficient (Wildman–Crippen LogP) is 0.870. The normalized spacial score (nSPS) is 12.8. The van der Waals surface area contributed by atoms with Gasteiger partial charge in [-0.3, -0.25) is 0 Å². The van der Waals surface area contributed by atoms with Crippen molar-refractivity contribution in [3.8, 4) is 5.75 Å². The maximum atomic E-state index is 12.2. The largest absolute Gasteiger partial charge is 0.434 e. The zero-order valence-electron chi connectivity index (χ0n) is 9.27. The number of hydrogen-bond donors (Lipinski definition) is 3. The lowest BCUT2D eigenvalue weighted by molar-refractivity contribution is -0.0507. The van der Waals surface area contributed by atoms with E-state index in [0.717, 1.165) is 0 Å². The molecular formula is C11H16F2N2O2. The van der Waals surface area contributed by atoms with E-state index in [1.807, 2.05) is 0 Å². The zero-order chi connectivity index (χ0) is 12.7. The molecule has 1 aromatic rings. The van der Waals surface area contributed by atoms with Gasteiger partial charge in [0.05, 0.1) is 6.61 Å². The van der Waals surface area contributed by atoms with Crippen molar-refractivity contribution >= 4 is 0 Å². The molecule has 0 aliphatic carbocycles. The lowest BCUT2D eigenvalue weighted by Crippen LogP contribution is -2.30. The molecule has 0 spiro atoms. The Kier molecular flexibility index (Phi) is 5.82. The fraction of sp³-hybridized carbons (Fsp3) is 0.455. The monoisotopic (exact) mass is 246 g/mol. The van der Waals surface area contributed by atoms with Crippen LogP contribution in [0.25, 0.3) is 0 Å². The highest BCUT2D eigenvalue weighted by atomic mass is 19.3. The van der Waals surface area contributed by atoms with Crippen LogP contribution in [0.4, 0.5) is 8.78 Å². The Bertz CT molecular complexity index is 337. The number of ether oxygens (including phenoxy) is 1. The van der Waals surface area contributed by atoms with Crippen molar-refractivity contribution in [1.29, 1.82) is 0 Å². The molecule has 0 heterocycles. The second kappa shape index (κ2) is 7.16. The van der Waals surface area contributed by atoms with Gasteiger partial charge in [0, 0.05) is 24.7 Å². The summed E-state index contributed by atoms with van der Waals surface area (Å²) in [5.74, 6) is 0.100. The van der Waals surface area contributed by atoms with Crippen LogP contribution in [0, 0.1) is 0 Å². The van der Waals surface area contributed by atoms with Crippen molar-refractivity contribution in [2.75, 3.05) is 19.7 Å². The summed E-state index contributed by atoms with van der Waals surface area (Å²) in [5, 5.41) is 11.7. The highest BCUT2D eigenvalue weighted by molar-refractivity contribution is 5.36. The standard InChI is InChI=1S/C11H16F2N2O2/c12-11(13)17-10-4-2-1-3-8(10)9(7-14)15-5-6-16/h1-4,9,11,15-16H,5-7,14H2. The molecule has 0 bridgehead atoms. The molecule has 6 heteroatoms. The van der Waals surface area contributed by atoms with Gasteiger partial charge in [-0.1, -0.05) is 18.2 Å². The SMILES string of the molecule is NCC(NCCO)c1ccccc1OC(F)F. The number of benzene rings is 1. The molecule has 0 amide bonds. The predicted molar refractivity (Wildman–Crippen MR) is 60.0 cm³/mol. The van der Waals surface area contributed by atoms with Crippen LogP contribution in [0.15, 0.2) is 24.3 Å². The Balaban J connectivity index is 2.85. The first-order valence-corrected chi connectivity index (χ1v) is 5.27. The van der Waals surface area contributed by atoms with Crippen LogP contribution in [-0.2, 0) is 0 Å². The Morgan fingerprint density at radius 3 is 2.65 bits per heavy atom. The highest BCUT2D eigenvalue weighted by Crippen LogP contribution is 2.25. The molecule has 1 atom stereocenters. The van der Waals surface area contributed by atoms with Crippen molar-refractivity contribution in [2.45, 2.75) is 12.7 Å². The number of aliphatic hydroxyl groups is 1. The number of nitrogens with two attached hydrogens (primary N) is 1. The van der Waals surface area contributed by atoms with Crippen LogP contribution in [0.2, 0.25) is 0 Å². The molecule has 0 radical (unpaired) electrons. The van der Waals surface area contributed by atoms with Gasteiger partial charge in [-0.05, 0) is 6.07 Å². The van der Waals surface area contributed by atoms with E-state index in [-0.39, 0.29) is 24.9 Å². The van der Waals surface area contributed by atoms with Gasteiger partial charge in [0.2, 0.25) is 0 Å². The van der Waals surface area contributed by atoms with E-state index in [1.54, 1.807) is 18.2 Å². The lowest BCUT2D eigenvalue weighted by atomic mass is 10.1. The van der Waals surface area contributed by atoms with Crippen LogP contribution >= 0.6 is 0 Å². The molecule has 0 fully saturated rings. The number of aliphatic hydroxyl groups excluding tert-OH is 1. The summed E-state index contributed by atoms with van der Waals surface area (Å²) in [7, 11) is 0. The van der Waals surface area contributed by atoms with Gasteiger partial charge in [0.1, 0.15) is 5.75 Å². The second-order valence-electron chi connectivity index (χ2n) is 3.38. The molecule has 0 aliphatic rings. The summed E-state index contributed by atoms with van der Waals surface area (Å²) in [6, 6.07) is 6.14. The highest BCUT2D eigenvalue weighted by Gasteiger charge is 2.16. The zero-order valence-corrected chi connectivity index (χ0v) is 9.27. The van der Waals surface area contributed by atoms with E-state index in [9.17, 15) is 8.78 Å². The summed E-state index contributed by atoms with van der Waals surface area (Å²) >= 11 is 0. The molecular weight excluding hydrogens is 230 g/mol. The van der Waals surface area contributed by atoms with E-state index >= 15 is 0 Å². The first-order chi connectivity index (χ1) is 8.19.